The highest BCUT2D eigenvalue weighted by molar-refractivity contribution is 7.80. The minimum absolute atomic E-state index is 0.343. The zero-order valence-corrected chi connectivity index (χ0v) is 10.2. The Bertz CT molecular complexity index is 536. The highest BCUT2D eigenvalue weighted by Crippen LogP contribution is 2.19. The molecule has 0 saturated carbocycles. The lowest BCUT2D eigenvalue weighted by atomic mass is 10.2. The van der Waals surface area contributed by atoms with E-state index < -0.39 is 0 Å². The zero-order chi connectivity index (χ0) is 12.3. The van der Waals surface area contributed by atoms with Gasteiger partial charge in [0.05, 0.1) is 23.8 Å². The molecule has 2 rings (SSSR count). The van der Waals surface area contributed by atoms with Crippen LogP contribution < -0.4 is 11.1 Å². The number of nitrogens with two attached hydrogens (primary N) is 1. The summed E-state index contributed by atoms with van der Waals surface area (Å²) in [6.07, 6.45) is 5.10. The van der Waals surface area contributed by atoms with Gasteiger partial charge in [0, 0.05) is 17.5 Å². The number of hydrogen-bond acceptors (Lipinski definition) is 4. The van der Waals surface area contributed by atoms with Crippen molar-refractivity contribution in [2.45, 2.75) is 6.92 Å². The van der Waals surface area contributed by atoms with E-state index in [1.165, 1.54) is 0 Å². The van der Waals surface area contributed by atoms with E-state index in [-0.39, 0.29) is 0 Å². The SMILES string of the molecule is Cc1ccc(Nc2cnccc2C(N)=S)cn1. The topological polar surface area (TPSA) is 63.8 Å². The first-order valence-corrected chi connectivity index (χ1v) is 5.51. The first kappa shape index (κ1) is 11.5. The molecule has 0 radical (unpaired) electrons. The molecule has 86 valence electrons. The third kappa shape index (κ3) is 2.76. The van der Waals surface area contributed by atoms with Gasteiger partial charge in [-0.3, -0.25) is 9.97 Å². The summed E-state index contributed by atoms with van der Waals surface area (Å²) in [5, 5.41) is 3.19. The van der Waals surface area contributed by atoms with Gasteiger partial charge in [0.1, 0.15) is 4.99 Å². The fourth-order valence-corrected chi connectivity index (χ4v) is 1.58. The van der Waals surface area contributed by atoms with Gasteiger partial charge >= 0.3 is 0 Å². The van der Waals surface area contributed by atoms with Crippen LogP contribution in [0.4, 0.5) is 11.4 Å². The van der Waals surface area contributed by atoms with Crippen molar-refractivity contribution >= 4 is 28.6 Å². The van der Waals surface area contributed by atoms with Crippen LogP contribution in [0, 0.1) is 6.92 Å². The van der Waals surface area contributed by atoms with Crippen LogP contribution in [0.25, 0.3) is 0 Å². The average molecular weight is 244 g/mol. The van der Waals surface area contributed by atoms with Crippen LogP contribution in [0.5, 0.6) is 0 Å². The van der Waals surface area contributed by atoms with Gasteiger partial charge in [-0.15, -0.1) is 0 Å². The summed E-state index contributed by atoms with van der Waals surface area (Å²) < 4.78 is 0. The Balaban J connectivity index is 2.30. The van der Waals surface area contributed by atoms with Crippen LogP contribution in [0.3, 0.4) is 0 Å². The number of nitrogens with zero attached hydrogens (tertiary/aromatic N) is 2. The summed E-state index contributed by atoms with van der Waals surface area (Å²) in [5.74, 6) is 0. The molecule has 0 aliphatic heterocycles. The molecule has 2 heterocycles. The van der Waals surface area contributed by atoms with E-state index >= 15 is 0 Å². The number of nitrogens with one attached hydrogen (secondary N) is 1. The Labute approximate surface area is 105 Å². The maximum absolute atomic E-state index is 5.64. The fourth-order valence-electron chi connectivity index (χ4n) is 1.41. The molecule has 0 aliphatic rings. The molecule has 4 nitrogen and oxygen atoms in total. The first-order chi connectivity index (χ1) is 8.16. The van der Waals surface area contributed by atoms with E-state index in [0.29, 0.717) is 4.99 Å². The molecule has 0 bridgehead atoms. The zero-order valence-electron chi connectivity index (χ0n) is 9.34. The van der Waals surface area contributed by atoms with Crippen LogP contribution in [-0.4, -0.2) is 15.0 Å². The molecule has 0 fully saturated rings. The maximum atomic E-state index is 5.64. The summed E-state index contributed by atoms with van der Waals surface area (Å²) in [4.78, 5) is 8.59. The molecule has 3 N–H and O–H groups in total. The summed E-state index contributed by atoms with van der Waals surface area (Å²) in [6.45, 7) is 1.94. The van der Waals surface area contributed by atoms with Crippen LogP contribution in [0.1, 0.15) is 11.3 Å². The number of thiocarbonyl (C=S) groups is 1. The monoisotopic (exact) mass is 244 g/mol. The number of aromatic nitrogens is 2. The minimum Gasteiger partial charge on any atom is -0.389 e. The predicted molar refractivity (Wildman–Crippen MR) is 72.4 cm³/mol. The van der Waals surface area contributed by atoms with Crippen LogP contribution in [0.2, 0.25) is 0 Å². The smallest absolute Gasteiger partial charge is 0.106 e. The standard InChI is InChI=1S/C12H12N4S/c1-8-2-3-9(6-15-8)16-11-7-14-5-4-10(11)12(13)17/h2-7,16H,1H3,(H2,13,17). The number of anilines is 2. The van der Waals surface area contributed by atoms with Gasteiger partial charge in [0.15, 0.2) is 0 Å². The molecule has 0 aliphatic carbocycles. The Morgan fingerprint density at radius 1 is 1.29 bits per heavy atom. The van der Waals surface area contributed by atoms with E-state index in [9.17, 15) is 0 Å². The number of hydrogen-bond donors (Lipinski definition) is 2. The molecule has 2 aromatic heterocycles. The summed E-state index contributed by atoms with van der Waals surface area (Å²) in [6, 6.07) is 5.66. The molecule has 2 aromatic rings. The van der Waals surface area contributed by atoms with E-state index in [1.807, 2.05) is 19.1 Å². The van der Waals surface area contributed by atoms with Crippen molar-refractivity contribution in [2.24, 2.45) is 5.73 Å². The third-order valence-electron chi connectivity index (χ3n) is 2.28. The second-order valence-electron chi connectivity index (χ2n) is 3.60. The van der Waals surface area contributed by atoms with Crippen molar-refractivity contribution in [2.75, 3.05) is 5.32 Å². The summed E-state index contributed by atoms with van der Waals surface area (Å²) in [5.41, 5.74) is 9.04. The van der Waals surface area contributed by atoms with E-state index in [2.05, 4.69) is 15.3 Å². The molecule has 0 unspecified atom stereocenters. The van der Waals surface area contributed by atoms with Gasteiger partial charge in [-0.1, -0.05) is 12.2 Å². The Morgan fingerprint density at radius 3 is 2.76 bits per heavy atom. The molecule has 17 heavy (non-hydrogen) atoms. The lowest BCUT2D eigenvalue weighted by Gasteiger charge is -2.10. The molecule has 0 amide bonds. The Morgan fingerprint density at radius 2 is 2.12 bits per heavy atom. The van der Waals surface area contributed by atoms with Crippen molar-refractivity contribution in [3.05, 3.63) is 48.0 Å². The Hall–Kier alpha value is -2.01. The van der Waals surface area contributed by atoms with Gasteiger partial charge < -0.3 is 11.1 Å². The van der Waals surface area contributed by atoms with Crippen LogP contribution >= 0.6 is 12.2 Å². The van der Waals surface area contributed by atoms with Crippen LogP contribution in [-0.2, 0) is 0 Å². The second kappa shape index (κ2) is 4.88. The van der Waals surface area contributed by atoms with Gasteiger partial charge in [-0.25, -0.2) is 0 Å². The minimum atomic E-state index is 0.343. The van der Waals surface area contributed by atoms with E-state index in [4.69, 9.17) is 18.0 Å². The van der Waals surface area contributed by atoms with Crippen molar-refractivity contribution in [3.8, 4) is 0 Å². The van der Waals surface area contributed by atoms with E-state index in [1.54, 1.807) is 24.7 Å². The predicted octanol–water partition coefficient (Wildman–Crippen LogP) is 2.16. The summed E-state index contributed by atoms with van der Waals surface area (Å²) in [7, 11) is 0. The number of pyridine rings is 2. The van der Waals surface area contributed by atoms with Gasteiger partial charge in [0.2, 0.25) is 0 Å². The van der Waals surface area contributed by atoms with Crippen LogP contribution in [0.15, 0.2) is 36.8 Å². The highest BCUT2D eigenvalue weighted by Gasteiger charge is 2.04. The van der Waals surface area contributed by atoms with E-state index in [0.717, 1.165) is 22.6 Å². The maximum Gasteiger partial charge on any atom is 0.106 e. The molecule has 0 aromatic carbocycles. The molecule has 0 saturated heterocycles. The first-order valence-electron chi connectivity index (χ1n) is 5.10. The molecular formula is C12H12N4S. The fraction of sp³-hybridized carbons (Fsp3) is 0.0833. The quantitative estimate of drug-likeness (QED) is 0.810. The van der Waals surface area contributed by atoms with Crippen molar-refractivity contribution in [1.29, 1.82) is 0 Å². The Kier molecular flexibility index (Phi) is 3.30. The largest absolute Gasteiger partial charge is 0.389 e. The molecule has 5 heteroatoms. The normalized spacial score (nSPS) is 9.94. The van der Waals surface area contributed by atoms with Gasteiger partial charge in [0.25, 0.3) is 0 Å². The third-order valence-corrected chi connectivity index (χ3v) is 2.50. The van der Waals surface area contributed by atoms with Gasteiger partial charge in [-0.05, 0) is 25.1 Å². The van der Waals surface area contributed by atoms with Crippen molar-refractivity contribution < 1.29 is 0 Å². The number of rotatable bonds is 3. The molecular weight excluding hydrogens is 232 g/mol. The average Bonchev–Trinajstić information content (AvgIpc) is 2.32. The van der Waals surface area contributed by atoms with Gasteiger partial charge in [-0.2, -0.15) is 0 Å². The second-order valence-corrected chi connectivity index (χ2v) is 4.04. The molecule has 0 spiro atoms. The number of aryl methyl sites for hydroxylation is 1. The lowest BCUT2D eigenvalue weighted by Crippen LogP contribution is -2.12. The lowest BCUT2D eigenvalue weighted by molar-refractivity contribution is 1.20. The highest BCUT2D eigenvalue weighted by atomic mass is 32.1. The van der Waals surface area contributed by atoms with Crippen molar-refractivity contribution in [3.63, 3.8) is 0 Å². The molecule has 0 atom stereocenters. The van der Waals surface area contributed by atoms with Crippen molar-refractivity contribution in [1.82, 2.24) is 9.97 Å². The summed E-state index contributed by atoms with van der Waals surface area (Å²) >= 11 is 4.98.